The molecule has 0 atom stereocenters. The molecule has 0 spiro atoms. The number of hydrogen-bond donors (Lipinski definition) is 1. The molecule has 1 aromatic carbocycles. The number of rotatable bonds is 2. The van der Waals surface area contributed by atoms with E-state index in [2.05, 4.69) is 11.8 Å². The van der Waals surface area contributed by atoms with Crippen molar-refractivity contribution in [2.45, 2.75) is 20.0 Å². The molecule has 14 heavy (non-hydrogen) atoms. The Morgan fingerprint density at radius 2 is 2.21 bits per heavy atom. The highest BCUT2D eigenvalue weighted by molar-refractivity contribution is 6.18. The van der Waals surface area contributed by atoms with Crippen LogP contribution in [0.3, 0.4) is 0 Å². The van der Waals surface area contributed by atoms with Crippen molar-refractivity contribution in [3.05, 3.63) is 34.9 Å². The van der Waals surface area contributed by atoms with E-state index in [0.29, 0.717) is 12.3 Å². The Morgan fingerprint density at radius 3 is 2.86 bits per heavy atom. The van der Waals surface area contributed by atoms with Crippen LogP contribution in [0.4, 0.5) is 0 Å². The third-order valence-electron chi connectivity index (χ3n) is 2.06. The van der Waals surface area contributed by atoms with Crippen LogP contribution in [0, 0.1) is 18.8 Å². The van der Waals surface area contributed by atoms with Gasteiger partial charge < -0.3 is 5.11 Å². The van der Waals surface area contributed by atoms with Crippen molar-refractivity contribution in [1.82, 2.24) is 0 Å². The van der Waals surface area contributed by atoms with E-state index >= 15 is 0 Å². The van der Waals surface area contributed by atoms with Crippen LogP contribution in [0.15, 0.2) is 18.2 Å². The van der Waals surface area contributed by atoms with Crippen molar-refractivity contribution in [3.8, 4) is 11.8 Å². The second-order valence-electron chi connectivity index (χ2n) is 2.99. The normalized spacial score (nSPS) is 9.36. The number of halogens is 1. The molecule has 0 aliphatic carbocycles. The third kappa shape index (κ3) is 2.77. The Hall–Kier alpha value is -0.970. The summed E-state index contributed by atoms with van der Waals surface area (Å²) in [7, 11) is 0. The van der Waals surface area contributed by atoms with E-state index in [0.717, 1.165) is 16.7 Å². The predicted octanol–water partition coefficient (Wildman–Crippen LogP) is 2.47. The molecular formula is C12H13ClO. The molecule has 0 heterocycles. The molecule has 0 fully saturated rings. The zero-order valence-electron chi connectivity index (χ0n) is 8.18. The summed E-state index contributed by atoms with van der Waals surface area (Å²) in [5.74, 6) is 6.58. The Morgan fingerprint density at radius 1 is 1.43 bits per heavy atom. The fraction of sp³-hybridized carbons (Fsp3) is 0.333. The molecule has 0 radical (unpaired) electrons. The molecule has 74 valence electrons. The van der Waals surface area contributed by atoms with E-state index in [1.165, 1.54) is 0 Å². The smallest absolute Gasteiger partial charge is 0.0684 e. The van der Waals surface area contributed by atoms with Crippen LogP contribution < -0.4 is 0 Å². The number of benzene rings is 1. The van der Waals surface area contributed by atoms with Crippen LogP contribution in [-0.2, 0) is 6.61 Å². The van der Waals surface area contributed by atoms with Gasteiger partial charge in [-0.1, -0.05) is 24.0 Å². The standard InChI is InChI=1S/C12H13ClO/c1-10-11(5-2-3-8-13)6-4-7-12(10)9-14/h4,6-7,14H,3,8-9H2,1H3. The second-order valence-corrected chi connectivity index (χ2v) is 3.37. The van der Waals surface area contributed by atoms with Crippen LogP contribution in [0.5, 0.6) is 0 Å². The molecule has 0 aliphatic heterocycles. The summed E-state index contributed by atoms with van der Waals surface area (Å²) in [6.07, 6.45) is 0.699. The van der Waals surface area contributed by atoms with E-state index in [9.17, 15) is 0 Å². The Bertz CT molecular complexity index is 360. The number of aliphatic hydroxyl groups excluding tert-OH is 1. The van der Waals surface area contributed by atoms with E-state index in [-0.39, 0.29) is 6.61 Å². The maximum atomic E-state index is 9.05. The largest absolute Gasteiger partial charge is 0.392 e. The monoisotopic (exact) mass is 208 g/mol. The minimum Gasteiger partial charge on any atom is -0.392 e. The fourth-order valence-electron chi connectivity index (χ4n) is 1.20. The summed E-state index contributed by atoms with van der Waals surface area (Å²) in [6.45, 7) is 2.03. The van der Waals surface area contributed by atoms with Crippen molar-refractivity contribution >= 4 is 11.6 Å². The van der Waals surface area contributed by atoms with Crippen LogP contribution in [0.1, 0.15) is 23.1 Å². The molecule has 0 bridgehead atoms. The number of alkyl halides is 1. The maximum absolute atomic E-state index is 9.05. The molecule has 0 saturated heterocycles. The van der Waals surface area contributed by atoms with Gasteiger partial charge in [0.25, 0.3) is 0 Å². The van der Waals surface area contributed by atoms with Crippen molar-refractivity contribution < 1.29 is 5.11 Å². The first-order valence-electron chi connectivity index (χ1n) is 4.53. The predicted molar refractivity (Wildman–Crippen MR) is 59.3 cm³/mol. The summed E-state index contributed by atoms with van der Waals surface area (Å²) in [4.78, 5) is 0. The van der Waals surface area contributed by atoms with Crippen LogP contribution >= 0.6 is 11.6 Å². The third-order valence-corrected chi connectivity index (χ3v) is 2.25. The Labute approximate surface area is 89.7 Å². The van der Waals surface area contributed by atoms with Gasteiger partial charge in [-0.2, -0.15) is 0 Å². The van der Waals surface area contributed by atoms with Crippen LogP contribution in [-0.4, -0.2) is 11.0 Å². The molecule has 0 unspecified atom stereocenters. The SMILES string of the molecule is Cc1c(C#CCCCl)cccc1CO. The minimum absolute atomic E-state index is 0.0663. The first kappa shape index (κ1) is 11.1. The summed E-state index contributed by atoms with van der Waals surface area (Å²) in [6, 6.07) is 5.76. The topological polar surface area (TPSA) is 20.2 Å². The lowest BCUT2D eigenvalue weighted by Crippen LogP contribution is -1.91. The highest BCUT2D eigenvalue weighted by Gasteiger charge is 1.99. The van der Waals surface area contributed by atoms with Gasteiger partial charge in [0.15, 0.2) is 0 Å². The molecule has 0 aromatic heterocycles. The van der Waals surface area contributed by atoms with Gasteiger partial charge in [0.1, 0.15) is 0 Å². The average Bonchev–Trinajstić information content (AvgIpc) is 2.21. The molecule has 1 N–H and O–H groups in total. The van der Waals surface area contributed by atoms with Gasteiger partial charge >= 0.3 is 0 Å². The molecule has 0 saturated carbocycles. The first-order chi connectivity index (χ1) is 6.79. The molecule has 1 nitrogen and oxygen atoms in total. The van der Waals surface area contributed by atoms with E-state index in [4.69, 9.17) is 16.7 Å². The van der Waals surface area contributed by atoms with Gasteiger partial charge in [-0.3, -0.25) is 0 Å². The van der Waals surface area contributed by atoms with Gasteiger partial charge in [-0.15, -0.1) is 11.6 Å². The molecule has 1 aromatic rings. The zero-order valence-corrected chi connectivity index (χ0v) is 8.93. The van der Waals surface area contributed by atoms with E-state index < -0.39 is 0 Å². The maximum Gasteiger partial charge on any atom is 0.0684 e. The fourth-order valence-corrected chi connectivity index (χ4v) is 1.29. The van der Waals surface area contributed by atoms with Gasteiger partial charge in [0.05, 0.1) is 6.61 Å². The van der Waals surface area contributed by atoms with Crippen molar-refractivity contribution in [1.29, 1.82) is 0 Å². The van der Waals surface area contributed by atoms with Gasteiger partial charge in [0, 0.05) is 17.9 Å². The first-order valence-corrected chi connectivity index (χ1v) is 5.07. The van der Waals surface area contributed by atoms with Crippen molar-refractivity contribution in [3.63, 3.8) is 0 Å². The zero-order chi connectivity index (χ0) is 10.4. The number of hydrogen-bond acceptors (Lipinski definition) is 1. The van der Waals surface area contributed by atoms with E-state index in [1.54, 1.807) is 0 Å². The summed E-state index contributed by atoms with van der Waals surface area (Å²) in [5, 5.41) is 9.05. The molecular weight excluding hydrogens is 196 g/mol. The lowest BCUT2D eigenvalue weighted by molar-refractivity contribution is 0.281. The lowest BCUT2D eigenvalue weighted by atomic mass is 10.0. The Balaban J connectivity index is 2.94. The van der Waals surface area contributed by atoms with Crippen LogP contribution in [0.2, 0.25) is 0 Å². The second kappa shape index (κ2) is 5.70. The summed E-state index contributed by atoms with van der Waals surface area (Å²) >= 11 is 5.52. The molecule has 0 amide bonds. The highest BCUT2D eigenvalue weighted by Crippen LogP contribution is 2.12. The molecule has 0 aliphatic rings. The minimum atomic E-state index is 0.0663. The molecule has 1 rings (SSSR count). The van der Waals surface area contributed by atoms with Gasteiger partial charge in [-0.05, 0) is 24.1 Å². The van der Waals surface area contributed by atoms with Gasteiger partial charge in [-0.25, -0.2) is 0 Å². The van der Waals surface area contributed by atoms with Crippen molar-refractivity contribution in [2.24, 2.45) is 0 Å². The Kier molecular flexibility index (Phi) is 4.52. The number of aliphatic hydroxyl groups is 1. The van der Waals surface area contributed by atoms with Gasteiger partial charge in [0.2, 0.25) is 0 Å². The average molecular weight is 209 g/mol. The lowest BCUT2D eigenvalue weighted by Gasteiger charge is -2.03. The van der Waals surface area contributed by atoms with Crippen LogP contribution in [0.25, 0.3) is 0 Å². The van der Waals surface area contributed by atoms with E-state index in [1.807, 2.05) is 25.1 Å². The summed E-state index contributed by atoms with van der Waals surface area (Å²) < 4.78 is 0. The van der Waals surface area contributed by atoms with Crippen molar-refractivity contribution in [2.75, 3.05) is 5.88 Å². The quantitative estimate of drug-likeness (QED) is 0.585. The highest BCUT2D eigenvalue weighted by atomic mass is 35.5. The molecule has 2 heteroatoms. The summed E-state index contributed by atoms with van der Waals surface area (Å²) in [5.41, 5.74) is 2.96.